The Kier molecular flexibility index (Phi) is 3.08. The molecule has 4 heteroatoms. The molecule has 0 unspecified atom stereocenters. The van der Waals surface area contributed by atoms with Crippen molar-refractivity contribution >= 4 is 22.7 Å². The van der Waals surface area contributed by atoms with Crippen LogP contribution in [0.1, 0.15) is 36.5 Å². The number of para-hydroxylation sites is 1. The molecule has 0 amide bonds. The number of nitrogens with one attached hydrogen (secondary N) is 1. The Balaban J connectivity index is 1.95. The summed E-state index contributed by atoms with van der Waals surface area (Å²) in [6, 6.07) is 9.28. The number of carboxylic acid groups (broad SMARTS) is 1. The molecule has 20 heavy (non-hydrogen) atoms. The highest BCUT2D eigenvalue weighted by atomic mass is 16.4. The monoisotopic (exact) mass is 270 g/mol. The average Bonchev–Trinajstić information content (AvgIpc) is 3.24. The van der Waals surface area contributed by atoms with E-state index in [0.29, 0.717) is 11.2 Å². The maximum absolute atomic E-state index is 11.4. The normalized spacial score (nSPS) is 16.1. The topological polar surface area (TPSA) is 62.2 Å². The molecule has 104 valence electrons. The molecule has 1 aliphatic rings. The maximum Gasteiger partial charge on any atom is 0.339 e. The van der Waals surface area contributed by atoms with Crippen LogP contribution >= 0.6 is 0 Å². The second kappa shape index (κ2) is 4.78. The van der Waals surface area contributed by atoms with Gasteiger partial charge in [0, 0.05) is 11.9 Å². The van der Waals surface area contributed by atoms with E-state index in [9.17, 15) is 9.90 Å². The summed E-state index contributed by atoms with van der Waals surface area (Å²) in [7, 11) is 0. The van der Waals surface area contributed by atoms with E-state index in [1.165, 1.54) is 12.8 Å². The van der Waals surface area contributed by atoms with Gasteiger partial charge in [0.1, 0.15) is 11.4 Å². The first kappa shape index (κ1) is 12.9. The number of aromatic nitrogens is 1. The molecule has 0 radical (unpaired) electrons. The van der Waals surface area contributed by atoms with Crippen LogP contribution in [-0.2, 0) is 0 Å². The molecule has 1 aliphatic carbocycles. The molecular formula is C16H18N2O2. The van der Waals surface area contributed by atoms with Gasteiger partial charge in [-0.2, -0.15) is 0 Å². The maximum atomic E-state index is 11.4. The van der Waals surface area contributed by atoms with Gasteiger partial charge >= 0.3 is 5.97 Å². The molecule has 0 saturated heterocycles. The predicted molar refractivity (Wildman–Crippen MR) is 79.2 cm³/mol. The molecule has 2 N–H and O–H groups in total. The van der Waals surface area contributed by atoms with E-state index in [1.807, 2.05) is 24.3 Å². The largest absolute Gasteiger partial charge is 0.478 e. The Labute approximate surface area is 117 Å². The van der Waals surface area contributed by atoms with Gasteiger partial charge in [0.25, 0.3) is 0 Å². The van der Waals surface area contributed by atoms with Crippen molar-refractivity contribution in [1.29, 1.82) is 0 Å². The van der Waals surface area contributed by atoms with Gasteiger partial charge in [-0.05, 0) is 36.8 Å². The Morgan fingerprint density at radius 2 is 2.15 bits per heavy atom. The summed E-state index contributed by atoms with van der Waals surface area (Å²) in [4.78, 5) is 15.9. The van der Waals surface area contributed by atoms with Crippen molar-refractivity contribution in [2.45, 2.75) is 26.2 Å². The molecule has 2 aromatic rings. The van der Waals surface area contributed by atoms with Crippen LogP contribution in [0.4, 0.5) is 5.82 Å². The van der Waals surface area contributed by atoms with E-state index >= 15 is 0 Å². The van der Waals surface area contributed by atoms with Crippen molar-refractivity contribution in [3.8, 4) is 0 Å². The first-order valence-corrected chi connectivity index (χ1v) is 7.00. The number of benzene rings is 1. The minimum atomic E-state index is -0.938. The van der Waals surface area contributed by atoms with Crippen LogP contribution in [0.25, 0.3) is 10.9 Å². The molecule has 1 heterocycles. The Morgan fingerprint density at radius 3 is 2.80 bits per heavy atom. The summed E-state index contributed by atoms with van der Waals surface area (Å²) in [5.74, 6) is -0.456. The molecule has 4 nitrogen and oxygen atoms in total. The molecule has 0 atom stereocenters. The zero-order valence-electron chi connectivity index (χ0n) is 11.5. The minimum absolute atomic E-state index is 0.246. The van der Waals surface area contributed by atoms with Gasteiger partial charge in [-0.1, -0.05) is 25.1 Å². The molecular weight excluding hydrogens is 252 g/mol. The van der Waals surface area contributed by atoms with E-state index in [0.717, 1.165) is 23.9 Å². The fourth-order valence-corrected chi connectivity index (χ4v) is 2.52. The number of fused-ring (bicyclic) bond motifs is 1. The van der Waals surface area contributed by atoms with Gasteiger partial charge in [-0.3, -0.25) is 0 Å². The van der Waals surface area contributed by atoms with Crippen molar-refractivity contribution in [1.82, 2.24) is 4.98 Å². The minimum Gasteiger partial charge on any atom is -0.478 e. The van der Waals surface area contributed by atoms with E-state index in [4.69, 9.17) is 0 Å². The highest BCUT2D eigenvalue weighted by Crippen LogP contribution is 2.48. The van der Waals surface area contributed by atoms with Crippen molar-refractivity contribution in [3.05, 3.63) is 35.9 Å². The SMILES string of the molecule is CCC1(CNc2nc3ccccc3cc2C(=O)O)CC1. The highest BCUT2D eigenvalue weighted by Gasteiger charge is 2.40. The average molecular weight is 270 g/mol. The standard InChI is InChI=1S/C16H18N2O2/c1-2-16(7-8-16)10-17-14-12(15(19)20)9-11-5-3-4-6-13(11)18-14/h3-6,9H,2,7-8,10H2,1H3,(H,17,18)(H,19,20). The van der Waals surface area contributed by atoms with Crippen LogP contribution in [0.15, 0.2) is 30.3 Å². The van der Waals surface area contributed by atoms with Crippen LogP contribution in [-0.4, -0.2) is 22.6 Å². The summed E-state index contributed by atoms with van der Waals surface area (Å²) in [6.45, 7) is 2.98. The number of hydrogen-bond donors (Lipinski definition) is 2. The van der Waals surface area contributed by atoms with Crippen molar-refractivity contribution < 1.29 is 9.90 Å². The second-order valence-electron chi connectivity index (χ2n) is 5.59. The lowest BCUT2D eigenvalue weighted by Crippen LogP contribution is -2.17. The van der Waals surface area contributed by atoms with Crippen molar-refractivity contribution in [2.24, 2.45) is 5.41 Å². The van der Waals surface area contributed by atoms with Gasteiger partial charge in [-0.25, -0.2) is 9.78 Å². The Hall–Kier alpha value is -2.10. The Bertz CT molecular complexity index is 663. The van der Waals surface area contributed by atoms with E-state index in [2.05, 4.69) is 17.2 Å². The quantitative estimate of drug-likeness (QED) is 0.872. The number of pyridine rings is 1. The predicted octanol–water partition coefficient (Wildman–Crippen LogP) is 3.54. The van der Waals surface area contributed by atoms with Gasteiger partial charge in [-0.15, -0.1) is 0 Å². The molecule has 0 aliphatic heterocycles. The van der Waals surface area contributed by atoms with Gasteiger partial charge < -0.3 is 10.4 Å². The van der Waals surface area contributed by atoms with E-state index in [-0.39, 0.29) is 5.56 Å². The van der Waals surface area contributed by atoms with Gasteiger partial charge in [0.2, 0.25) is 0 Å². The zero-order chi connectivity index (χ0) is 14.2. The molecule has 1 aromatic heterocycles. The zero-order valence-corrected chi connectivity index (χ0v) is 11.5. The van der Waals surface area contributed by atoms with Crippen molar-refractivity contribution in [2.75, 3.05) is 11.9 Å². The fourth-order valence-electron chi connectivity index (χ4n) is 2.52. The summed E-state index contributed by atoms with van der Waals surface area (Å²) in [5.41, 5.74) is 1.42. The molecule has 0 bridgehead atoms. The van der Waals surface area contributed by atoms with Crippen LogP contribution < -0.4 is 5.32 Å². The fraction of sp³-hybridized carbons (Fsp3) is 0.375. The lowest BCUT2D eigenvalue weighted by molar-refractivity contribution is 0.0697. The number of nitrogens with zero attached hydrogens (tertiary/aromatic N) is 1. The number of hydrogen-bond acceptors (Lipinski definition) is 3. The van der Waals surface area contributed by atoms with Crippen LogP contribution in [0, 0.1) is 5.41 Å². The van der Waals surface area contributed by atoms with Crippen LogP contribution in [0.5, 0.6) is 0 Å². The van der Waals surface area contributed by atoms with E-state index in [1.54, 1.807) is 6.07 Å². The van der Waals surface area contributed by atoms with Crippen LogP contribution in [0.2, 0.25) is 0 Å². The third-order valence-electron chi connectivity index (χ3n) is 4.29. The molecule has 1 saturated carbocycles. The number of anilines is 1. The lowest BCUT2D eigenvalue weighted by Gasteiger charge is -2.15. The number of carboxylic acids is 1. The first-order valence-electron chi connectivity index (χ1n) is 7.00. The smallest absolute Gasteiger partial charge is 0.339 e. The van der Waals surface area contributed by atoms with Gasteiger partial charge in [0.15, 0.2) is 0 Å². The van der Waals surface area contributed by atoms with Gasteiger partial charge in [0.05, 0.1) is 5.52 Å². The second-order valence-corrected chi connectivity index (χ2v) is 5.59. The Morgan fingerprint density at radius 1 is 1.40 bits per heavy atom. The number of carbonyl (C=O) groups is 1. The number of rotatable bonds is 5. The summed E-state index contributed by atoms with van der Waals surface area (Å²) >= 11 is 0. The summed E-state index contributed by atoms with van der Waals surface area (Å²) < 4.78 is 0. The molecule has 0 spiro atoms. The number of aromatic carboxylic acids is 1. The van der Waals surface area contributed by atoms with Crippen molar-refractivity contribution in [3.63, 3.8) is 0 Å². The molecule has 1 aromatic carbocycles. The summed E-state index contributed by atoms with van der Waals surface area (Å²) in [5, 5.41) is 13.4. The third-order valence-corrected chi connectivity index (χ3v) is 4.29. The highest BCUT2D eigenvalue weighted by molar-refractivity contribution is 5.98. The lowest BCUT2D eigenvalue weighted by atomic mass is 10.0. The molecule has 1 fully saturated rings. The third kappa shape index (κ3) is 2.33. The summed E-state index contributed by atoms with van der Waals surface area (Å²) in [6.07, 6.45) is 3.55. The first-order chi connectivity index (χ1) is 9.63. The van der Waals surface area contributed by atoms with Crippen LogP contribution in [0.3, 0.4) is 0 Å². The van der Waals surface area contributed by atoms with E-state index < -0.39 is 5.97 Å². The molecule has 3 rings (SSSR count).